The largest absolute Gasteiger partial charge is 0.367 e. The summed E-state index contributed by atoms with van der Waals surface area (Å²) in [5, 5.41) is 4.08. The standard InChI is InChI=1S/C14H25N3O2/c1-4-13(3,18-5-2)12-16-11(19-17-12)10-14(15)8-6-7-9-14/h4-10,15H2,1-3H3. The van der Waals surface area contributed by atoms with Gasteiger partial charge in [0, 0.05) is 18.6 Å². The van der Waals surface area contributed by atoms with Gasteiger partial charge in [-0.05, 0) is 33.1 Å². The third-order valence-corrected chi connectivity index (χ3v) is 4.18. The molecule has 1 aliphatic carbocycles. The van der Waals surface area contributed by atoms with Crippen LogP contribution in [0.5, 0.6) is 0 Å². The first kappa shape index (κ1) is 14.5. The lowest BCUT2D eigenvalue weighted by Gasteiger charge is -2.24. The average molecular weight is 267 g/mol. The number of nitrogens with two attached hydrogens (primary N) is 1. The lowest BCUT2D eigenvalue weighted by molar-refractivity contribution is -0.0403. The van der Waals surface area contributed by atoms with Gasteiger partial charge in [0.05, 0.1) is 0 Å². The van der Waals surface area contributed by atoms with Gasteiger partial charge in [-0.25, -0.2) is 0 Å². The van der Waals surface area contributed by atoms with Crippen molar-refractivity contribution in [1.29, 1.82) is 0 Å². The van der Waals surface area contributed by atoms with Gasteiger partial charge in [0.1, 0.15) is 5.60 Å². The molecule has 1 atom stereocenters. The molecule has 0 bridgehead atoms. The number of rotatable bonds is 6. The maximum absolute atomic E-state index is 6.34. The molecule has 108 valence electrons. The summed E-state index contributed by atoms with van der Waals surface area (Å²) in [6.07, 6.45) is 5.97. The van der Waals surface area contributed by atoms with E-state index in [9.17, 15) is 0 Å². The van der Waals surface area contributed by atoms with Crippen LogP contribution in [0.1, 0.15) is 64.6 Å². The van der Waals surface area contributed by atoms with E-state index in [2.05, 4.69) is 17.1 Å². The van der Waals surface area contributed by atoms with Gasteiger partial charge in [0.15, 0.2) is 0 Å². The highest BCUT2D eigenvalue weighted by molar-refractivity contribution is 5.03. The first-order valence-electron chi connectivity index (χ1n) is 7.27. The Kier molecular flexibility index (Phi) is 4.26. The van der Waals surface area contributed by atoms with Gasteiger partial charge >= 0.3 is 0 Å². The molecule has 0 spiro atoms. The minimum atomic E-state index is -0.464. The van der Waals surface area contributed by atoms with Crippen LogP contribution in [0.25, 0.3) is 0 Å². The van der Waals surface area contributed by atoms with Gasteiger partial charge in [0.2, 0.25) is 11.7 Å². The Labute approximate surface area is 114 Å². The van der Waals surface area contributed by atoms with E-state index in [0.717, 1.165) is 19.3 Å². The summed E-state index contributed by atoms with van der Waals surface area (Å²) in [4.78, 5) is 4.50. The van der Waals surface area contributed by atoms with Crippen molar-refractivity contribution in [3.05, 3.63) is 11.7 Å². The molecule has 0 aliphatic heterocycles. The fraction of sp³-hybridized carbons (Fsp3) is 0.857. The van der Waals surface area contributed by atoms with Crippen molar-refractivity contribution in [2.45, 2.75) is 70.4 Å². The first-order chi connectivity index (χ1) is 9.01. The maximum atomic E-state index is 6.34. The second kappa shape index (κ2) is 5.59. The van der Waals surface area contributed by atoms with Crippen LogP contribution in [0.15, 0.2) is 4.52 Å². The van der Waals surface area contributed by atoms with Crippen LogP contribution in [0.2, 0.25) is 0 Å². The molecule has 0 aromatic carbocycles. The molecule has 1 aliphatic rings. The SMILES string of the molecule is CCOC(C)(CC)c1noc(CC2(N)CCCC2)n1. The highest BCUT2D eigenvalue weighted by Gasteiger charge is 2.34. The molecule has 19 heavy (non-hydrogen) atoms. The zero-order valence-corrected chi connectivity index (χ0v) is 12.2. The number of ether oxygens (including phenoxy) is 1. The van der Waals surface area contributed by atoms with E-state index >= 15 is 0 Å². The molecule has 0 saturated heterocycles. The van der Waals surface area contributed by atoms with Gasteiger partial charge in [0.25, 0.3) is 0 Å². The molecule has 1 aromatic rings. The monoisotopic (exact) mass is 267 g/mol. The zero-order valence-electron chi connectivity index (χ0n) is 12.2. The highest BCUT2D eigenvalue weighted by atomic mass is 16.5. The van der Waals surface area contributed by atoms with Crippen molar-refractivity contribution >= 4 is 0 Å². The zero-order chi connectivity index (χ0) is 13.9. The van der Waals surface area contributed by atoms with Crippen molar-refractivity contribution < 1.29 is 9.26 Å². The van der Waals surface area contributed by atoms with Crippen LogP contribution in [0.4, 0.5) is 0 Å². The Morgan fingerprint density at radius 3 is 2.63 bits per heavy atom. The van der Waals surface area contributed by atoms with Crippen molar-refractivity contribution in [1.82, 2.24) is 10.1 Å². The van der Waals surface area contributed by atoms with Crippen molar-refractivity contribution in [2.24, 2.45) is 5.73 Å². The van der Waals surface area contributed by atoms with Crippen LogP contribution >= 0.6 is 0 Å². The summed E-state index contributed by atoms with van der Waals surface area (Å²) in [6, 6.07) is 0. The van der Waals surface area contributed by atoms with Gasteiger partial charge in [-0.3, -0.25) is 0 Å². The van der Waals surface area contributed by atoms with Crippen LogP contribution in [-0.2, 0) is 16.8 Å². The molecule has 2 N–H and O–H groups in total. The number of hydrogen-bond donors (Lipinski definition) is 1. The second-order valence-corrected chi connectivity index (χ2v) is 5.78. The molecule has 1 saturated carbocycles. The van der Waals surface area contributed by atoms with Gasteiger partial charge in [-0.15, -0.1) is 0 Å². The minimum Gasteiger partial charge on any atom is -0.367 e. The van der Waals surface area contributed by atoms with Crippen molar-refractivity contribution in [2.75, 3.05) is 6.61 Å². The summed E-state index contributed by atoms with van der Waals surface area (Å²) in [5.74, 6) is 1.27. The van der Waals surface area contributed by atoms with E-state index in [1.165, 1.54) is 12.8 Å². The van der Waals surface area contributed by atoms with E-state index in [0.29, 0.717) is 24.7 Å². The van der Waals surface area contributed by atoms with E-state index < -0.39 is 5.60 Å². The fourth-order valence-corrected chi connectivity index (χ4v) is 2.74. The van der Waals surface area contributed by atoms with Crippen molar-refractivity contribution in [3.63, 3.8) is 0 Å². The molecule has 2 rings (SSSR count). The van der Waals surface area contributed by atoms with E-state index in [-0.39, 0.29) is 5.54 Å². The Hall–Kier alpha value is -0.940. The second-order valence-electron chi connectivity index (χ2n) is 5.78. The third-order valence-electron chi connectivity index (χ3n) is 4.18. The first-order valence-corrected chi connectivity index (χ1v) is 7.27. The van der Waals surface area contributed by atoms with E-state index in [4.69, 9.17) is 15.0 Å². The average Bonchev–Trinajstić information content (AvgIpc) is 2.99. The lowest BCUT2D eigenvalue weighted by atomic mass is 9.95. The molecule has 1 aromatic heterocycles. The molecular weight excluding hydrogens is 242 g/mol. The highest BCUT2D eigenvalue weighted by Crippen LogP contribution is 2.31. The Morgan fingerprint density at radius 1 is 1.37 bits per heavy atom. The number of hydrogen-bond acceptors (Lipinski definition) is 5. The van der Waals surface area contributed by atoms with Crippen LogP contribution in [0, 0.1) is 0 Å². The quantitative estimate of drug-likeness (QED) is 0.857. The smallest absolute Gasteiger partial charge is 0.228 e. The summed E-state index contributed by atoms with van der Waals surface area (Å²) in [7, 11) is 0. The van der Waals surface area contributed by atoms with Crippen LogP contribution in [0.3, 0.4) is 0 Å². The molecule has 1 unspecified atom stereocenters. The minimum absolute atomic E-state index is 0.155. The number of nitrogens with zero attached hydrogens (tertiary/aromatic N) is 2. The van der Waals surface area contributed by atoms with Gasteiger partial charge in [-0.2, -0.15) is 4.98 Å². The summed E-state index contributed by atoms with van der Waals surface area (Å²) >= 11 is 0. The predicted molar refractivity (Wildman–Crippen MR) is 72.7 cm³/mol. The normalized spacial score (nSPS) is 21.5. The molecule has 5 heteroatoms. The molecule has 1 heterocycles. The van der Waals surface area contributed by atoms with E-state index in [1.54, 1.807) is 0 Å². The Morgan fingerprint density at radius 2 is 2.05 bits per heavy atom. The molecule has 1 fully saturated rings. The Bertz CT molecular complexity index is 413. The Balaban J connectivity index is 2.10. The van der Waals surface area contributed by atoms with Gasteiger partial charge < -0.3 is 15.0 Å². The molecular formula is C14H25N3O2. The molecule has 0 amide bonds. The summed E-state index contributed by atoms with van der Waals surface area (Å²) < 4.78 is 11.1. The molecule has 5 nitrogen and oxygen atoms in total. The molecule has 0 radical (unpaired) electrons. The lowest BCUT2D eigenvalue weighted by Crippen LogP contribution is -2.38. The van der Waals surface area contributed by atoms with Crippen LogP contribution in [-0.4, -0.2) is 22.3 Å². The predicted octanol–water partition coefficient (Wildman–Crippen LogP) is 2.55. The topological polar surface area (TPSA) is 74.2 Å². The number of aromatic nitrogens is 2. The van der Waals surface area contributed by atoms with Crippen LogP contribution < -0.4 is 5.73 Å². The van der Waals surface area contributed by atoms with E-state index in [1.807, 2.05) is 13.8 Å². The van der Waals surface area contributed by atoms with Crippen molar-refractivity contribution in [3.8, 4) is 0 Å². The third kappa shape index (κ3) is 3.15. The maximum Gasteiger partial charge on any atom is 0.228 e. The summed E-state index contributed by atoms with van der Waals surface area (Å²) in [5.41, 5.74) is 5.72. The summed E-state index contributed by atoms with van der Waals surface area (Å²) in [6.45, 7) is 6.67. The van der Waals surface area contributed by atoms with Gasteiger partial charge in [-0.1, -0.05) is 24.9 Å². The fourth-order valence-electron chi connectivity index (χ4n) is 2.74.